The van der Waals surface area contributed by atoms with Gasteiger partial charge in [-0.25, -0.2) is 13.2 Å². The van der Waals surface area contributed by atoms with Crippen LogP contribution in [-0.2, 0) is 26.0 Å². The van der Waals surface area contributed by atoms with E-state index in [0.29, 0.717) is 6.42 Å². The van der Waals surface area contributed by atoms with Crippen LogP contribution in [0.3, 0.4) is 0 Å². The molecule has 0 aliphatic carbocycles. The molecule has 3 aromatic rings. The van der Waals surface area contributed by atoms with Gasteiger partial charge in [-0.2, -0.15) is 0 Å². The Hall–Kier alpha value is -4.25. The number of carbonyl (C=O) groups is 2. The standard InChI is InChI=1S/C24H21N3O7S/c1-16-13-17-7-2-5-12-22(17)26(16)23(28)15-34-24(29)20-10-3-4-11-21(20)25-35(32,33)19-9-6-8-18(14-19)27(30)31/h2-12,14,16,25H,13,15H2,1H3. The van der Waals surface area contributed by atoms with Crippen LogP contribution < -0.4 is 9.62 Å². The molecule has 180 valence electrons. The zero-order valence-corrected chi connectivity index (χ0v) is 19.4. The number of esters is 1. The first-order valence-electron chi connectivity index (χ1n) is 10.6. The van der Waals surface area contributed by atoms with Crippen molar-refractivity contribution in [1.29, 1.82) is 0 Å². The molecule has 0 saturated carbocycles. The maximum atomic E-state index is 12.8. The second-order valence-electron chi connectivity index (χ2n) is 7.93. The predicted molar refractivity (Wildman–Crippen MR) is 128 cm³/mol. The van der Waals surface area contributed by atoms with E-state index in [0.717, 1.165) is 17.3 Å². The second kappa shape index (κ2) is 9.55. The third-order valence-electron chi connectivity index (χ3n) is 5.53. The first-order valence-corrected chi connectivity index (χ1v) is 12.1. The number of sulfonamides is 1. The van der Waals surface area contributed by atoms with Crippen LogP contribution in [0.2, 0.25) is 0 Å². The van der Waals surface area contributed by atoms with Crippen molar-refractivity contribution in [2.24, 2.45) is 0 Å². The smallest absolute Gasteiger partial charge is 0.340 e. The molecular weight excluding hydrogens is 474 g/mol. The molecule has 0 bridgehead atoms. The average molecular weight is 496 g/mol. The molecule has 0 fully saturated rings. The molecule has 11 heteroatoms. The summed E-state index contributed by atoms with van der Waals surface area (Å²) >= 11 is 0. The minimum absolute atomic E-state index is 0.0867. The molecule has 1 amide bonds. The Kier molecular flexibility index (Phi) is 6.52. The molecular formula is C24H21N3O7S. The van der Waals surface area contributed by atoms with E-state index in [1.54, 1.807) is 4.90 Å². The third-order valence-corrected chi connectivity index (χ3v) is 6.90. The Bertz CT molecular complexity index is 1420. The Morgan fingerprint density at radius 3 is 2.57 bits per heavy atom. The van der Waals surface area contributed by atoms with Crippen molar-refractivity contribution in [2.75, 3.05) is 16.2 Å². The minimum Gasteiger partial charge on any atom is -0.452 e. The van der Waals surface area contributed by atoms with E-state index >= 15 is 0 Å². The highest BCUT2D eigenvalue weighted by Gasteiger charge is 2.31. The van der Waals surface area contributed by atoms with E-state index in [1.165, 1.54) is 42.5 Å². The Balaban J connectivity index is 1.49. The minimum atomic E-state index is -4.25. The summed E-state index contributed by atoms with van der Waals surface area (Å²) in [6, 6.07) is 17.7. The normalized spacial score (nSPS) is 14.8. The highest BCUT2D eigenvalue weighted by atomic mass is 32.2. The van der Waals surface area contributed by atoms with Crippen molar-refractivity contribution in [2.45, 2.75) is 24.3 Å². The lowest BCUT2D eigenvalue weighted by atomic mass is 10.1. The number of hydrogen-bond acceptors (Lipinski definition) is 7. The fraction of sp³-hybridized carbons (Fsp3) is 0.167. The number of amides is 1. The summed E-state index contributed by atoms with van der Waals surface area (Å²) in [7, 11) is -4.25. The van der Waals surface area contributed by atoms with Crippen molar-refractivity contribution in [3.8, 4) is 0 Å². The molecule has 0 saturated heterocycles. The van der Waals surface area contributed by atoms with Gasteiger partial charge in [0.1, 0.15) is 0 Å². The second-order valence-corrected chi connectivity index (χ2v) is 9.61. The van der Waals surface area contributed by atoms with Gasteiger partial charge in [-0.15, -0.1) is 0 Å². The van der Waals surface area contributed by atoms with Crippen LogP contribution in [0.4, 0.5) is 17.1 Å². The van der Waals surface area contributed by atoms with Crippen LogP contribution in [0.5, 0.6) is 0 Å². The Morgan fingerprint density at radius 1 is 1.09 bits per heavy atom. The molecule has 35 heavy (non-hydrogen) atoms. The molecule has 10 nitrogen and oxygen atoms in total. The number of rotatable bonds is 7. The van der Waals surface area contributed by atoms with E-state index in [-0.39, 0.29) is 22.2 Å². The molecule has 1 aliphatic heterocycles. The van der Waals surface area contributed by atoms with Gasteiger partial charge in [0.25, 0.3) is 21.6 Å². The van der Waals surface area contributed by atoms with E-state index in [9.17, 15) is 28.1 Å². The largest absolute Gasteiger partial charge is 0.452 e. The fourth-order valence-electron chi connectivity index (χ4n) is 3.94. The van der Waals surface area contributed by atoms with Crippen LogP contribution in [0.25, 0.3) is 0 Å². The number of hydrogen-bond donors (Lipinski definition) is 1. The number of nitrogens with one attached hydrogen (secondary N) is 1. The van der Waals surface area contributed by atoms with Gasteiger partial charge >= 0.3 is 5.97 Å². The number of nitrogens with zero attached hydrogens (tertiary/aromatic N) is 2. The molecule has 3 aromatic carbocycles. The number of ether oxygens (including phenoxy) is 1. The molecule has 4 rings (SSSR count). The highest BCUT2D eigenvalue weighted by Crippen LogP contribution is 2.32. The van der Waals surface area contributed by atoms with E-state index in [2.05, 4.69) is 4.72 Å². The van der Waals surface area contributed by atoms with Crippen LogP contribution in [-0.4, -0.2) is 37.9 Å². The van der Waals surface area contributed by atoms with Gasteiger partial charge in [-0.3, -0.25) is 19.6 Å². The topological polar surface area (TPSA) is 136 Å². The molecule has 1 unspecified atom stereocenters. The fourth-order valence-corrected chi connectivity index (χ4v) is 5.06. The molecule has 1 aliphatic rings. The van der Waals surface area contributed by atoms with Gasteiger partial charge in [0, 0.05) is 23.9 Å². The van der Waals surface area contributed by atoms with Gasteiger partial charge < -0.3 is 9.64 Å². The van der Waals surface area contributed by atoms with E-state index < -0.39 is 39.1 Å². The zero-order valence-electron chi connectivity index (χ0n) is 18.6. The van der Waals surface area contributed by atoms with Gasteiger partial charge in [0.2, 0.25) is 0 Å². The first-order chi connectivity index (χ1) is 16.7. The highest BCUT2D eigenvalue weighted by molar-refractivity contribution is 7.92. The molecule has 1 atom stereocenters. The molecule has 0 aromatic heterocycles. The average Bonchev–Trinajstić information content (AvgIpc) is 3.18. The third kappa shape index (κ3) is 4.99. The van der Waals surface area contributed by atoms with Crippen LogP contribution in [0.15, 0.2) is 77.7 Å². The molecule has 0 spiro atoms. The monoisotopic (exact) mass is 495 g/mol. The maximum Gasteiger partial charge on any atom is 0.340 e. The van der Waals surface area contributed by atoms with Crippen molar-refractivity contribution in [3.05, 3.63) is 94.0 Å². The molecule has 1 N–H and O–H groups in total. The first kappa shape index (κ1) is 23.9. The maximum absolute atomic E-state index is 12.8. The van der Waals surface area contributed by atoms with E-state index in [1.807, 2.05) is 31.2 Å². The van der Waals surface area contributed by atoms with Gasteiger partial charge in [-0.1, -0.05) is 36.4 Å². The summed E-state index contributed by atoms with van der Waals surface area (Å²) in [6.45, 7) is 1.38. The SMILES string of the molecule is CC1Cc2ccccc2N1C(=O)COC(=O)c1ccccc1NS(=O)(=O)c1cccc([N+](=O)[O-])c1. The van der Waals surface area contributed by atoms with Gasteiger partial charge in [0.15, 0.2) is 6.61 Å². The number of fused-ring (bicyclic) bond motifs is 1. The lowest BCUT2D eigenvalue weighted by molar-refractivity contribution is -0.385. The number of nitro groups is 1. The van der Waals surface area contributed by atoms with Crippen molar-refractivity contribution < 1.29 is 27.7 Å². The lowest BCUT2D eigenvalue weighted by Gasteiger charge is -2.22. The number of carbonyl (C=O) groups excluding carboxylic acids is 2. The van der Waals surface area contributed by atoms with Crippen molar-refractivity contribution in [3.63, 3.8) is 0 Å². The Labute approximate surface area is 201 Å². The molecule has 0 radical (unpaired) electrons. The molecule has 1 heterocycles. The summed E-state index contributed by atoms with van der Waals surface area (Å²) in [5.74, 6) is -1.29. The van der Waals surface area contributed by atoms with Crippen LogP contribution >= 0.6 is 0 Å². The summed E-state index contributed by atoms with van der Waals surface area (Å²) in [6.07, 6.45) is 0.693. The number of para-hydroxylation sites is 2. The van der Waals surface area contributed by atoms with Crippen LogP contribution in [0.1, 0.15) is 22.8 Å². The quantitative estimate of drug-likeness (QED) is 0.301. The number of nitro benzene ring substituents is 1. The van der Waals surface area contributed by atoms with Crippen molar-refractivity contribution in [1.82, 2.24) is 0 Å². The van der Waals surface area contributed by atoms with Crippen molar-refractivity contribution >= 4 is 39.0 Å². The van der Waals surface area contributed by atoms with Crippen LogP contribution in [0, 0.1) is 10.1 Å². The van der Waals surface area contributed by atoms with E-state index in [4.69, 9.17) is 4.74 Å². The number of non-ortho nitro benzene ring substituents is 1. The summed E-state index contributed by atoms with van der Waals surface area (Å²) in [5, 5.41) is 11.0. The number of anilines is 2. The number of benzene rings is 3. The summed E-state index contributed by atoms with van der Waals surface area (Å²) in [4.78, 5) is 37.1. The lowest BCUT2D eigenvalue weighted by Crippen LogP contribution is -2.38. The predicted octanol–water partition coefficient (Wildman–Crippen LogP) is 3.53. The van der Waals surface area contributed by atoms with Gasteiger partial charge in [0.05, 0.1) is 21.1 Å². The zero-order chi connectivity index (χ0) is 25.2. The van der Waals surface area contributed by atoms with Gasteiger partial charge in [-0.05, 0) is 43.2 Å². The Morgan fingerprint density at radius 2 is 1.80 bits per heavy atom. The summed E-state index contributed by atoms with van der Waals surface area (Å²) < 4.78 is 33.1. The summed E-state index contributed by atoms with van der Waals surface area (Å²) in [5.41, 5.74) is 1.21.